The average molecular weight is 649 g/mol. The number of methoxy groups -OCH3 is 1. The molecule has 1 fully saturated rings. The molecule has 3 amide bonds. The van der Waals surface area contributed by atoms with Crippen molar-refractivity contribution in [1.29, 1.82) is 0 Å². The quantitative estimate of drug-likeness (QED) is 0.272. The van der Waals surface area contributed by atoms with Gasteiger partial charge in [-0.1, -0.05) is 72.3 Å². The number of nitrogens with zero attached hydrogens (tertiary/aromatic N) is 2. The number of hydrogen-bond donors (Lipinski definition) is 2. The lowest BCUT2D eigenvalue weighted by Crippen LogP contribution is -2.50. The van der Waals surface area contributed by atoms with Gasteiger partial charge in [0.25, 0.3) is 0 Å². The minimum absolute atomic E-state index is 0.0131. The second-order valence-corrected chi connectivity index (χ2v) is 12.5. The Kier molecular flexibility index (Phi) is 11.8. The van der Waals surface area contributed by atoms with Gasteiger partial charge in [-0.25, -0.2) is 9.59 Å². The molecule has 11 heteroatoms. The number of alkyl carbamates (subject to hydrolysis) is 1. The first-order chi connectivity index (χ1) is 21.9. The first kappa shape index (κ1) is 34.5. The monoisotopic (exact) mass is 648 g/mol. The van der Waals surface area contributed by atoms with E-state index >= 15 is 0 Å². The van der Waals surface area contributed by atoms with Crippen molar-refractivity contribution in [2.24, 2.45) is 0 Å². The largest absolute Gasteiger partial charge is 0.465 e. The zero-order valence-corrected chi connectivity index (χ0v) is 27.4. The van der Waals surface area contributed by atoms with Gasteiger partial charge in [0.15, 0.2) is 0 Å². The molecule has 3 aromatic rings. The second-order valence-electron chi connectivity index (χ2n) is 12.0. The number of amides is 3. The highest BCUT2D eigenvalue weighted by molar-refractivity contribution is 6.31. The molecule has 0 aliphatic carbocycles. The summed E-state index contributed by atoms with van der Waals surface area (Å²) in [5.74, 6) is -1.43. The molecule has 0 radical (unpaired) electrons. The van der Waals surface area contributed by atoms with E-state index in [0.29, 0.717) is 26.2 Å². The van der Waals surface area contributed by atoms with Crippen LogP contribution in [0, 0.1) is 0 Å². The van der Waals surface area contributed by atoms with E-state index < -0.39 is 29.6 Å². The van der Waals surface area contributed by atoms with Gasteiger partial charge in [-0.05, 0) is 56.5 Å². The van der Waals surface area contributed by atoms with Gasteiger partial charge >= 0.3 is 12.1 Å². The van der Waals surface area contributed by atoms with Crippen LogP contribution in [0.15, 0.2) is 78.9 Å². The molecular formula is C35H41ClN4O6. The van der Waals surface area contributed by atoms with E-state index in [1.54, 1.807) is 25.7 Å². The van der Waals surface area contributed by atoms with E-state index in [1.807, 2.05) is 36.4 Å². The summed E-state index contributed by atoms with van der Waals surface area (Å²) in [5.41, 5.74) is 1.79. The molecule has 1 saturated heterocycles. The van der Waals surface area contributed by atoms with Gasteiger partial charge in [-0.2, -0.15) is 0 Å². The van der Waals surface area contributed by atoms with Gasteiger partial charge in [-0.15, -0.1) is 0 Å². The van der Waals surface area contributed by atoms with E-state index in [-0.39, 0.29) is 41.1 Å². The zero-order valence-electron chi connectivity index (χ0n) is 26.6. The summed E-state index contributed by atoms with van der Waals surface area (Å²) in [5, 5.41) is 5.55. The molecule has 0 saturated carbocycles. The fourth-order valence-electron chi connectivity index (χ4n) is 5.38. The lowest BCUT2D eigenvalue weighted by atomic mass is 9.96. The standard InChI is InChI=1S/C35H41ClN4O6/c1-35(2,3)46-34(44)38-29(32(42)37-28-16-15-26(36)23-27(28)33(43)45-4)17-18-30(41)39-19-21-40(22-20-39)31(24-11-7-5-8-12-24)25-13-9-6-10-14-25/h5-16,23,29,31H,17-22H2,1-4H3,(H,37,42)(H,38,44). The van der Waals surface area contributed by atoms with Crippen molar-refractivity contribution in [2.45, 2.75) is 51.3 Å². The Bertz CT molecular complexity index is 1460. The van der Waals surface area contributed by atoms with Gasteiger partial charge < -0.3 is 25.0 Å². The number of halogens is 1. The lowest BCUT2D eigenvalue weighted by molar-refractivity contribution is -0.133. The summed E-state index contributed by atoms with van der Waals surface area (Å²) in [4.78, 5) is 56.0. The van der Waals surface area contributed by atoms with Crippen LogP contribution in [0.1, 0.15) is 61.1 Å². The first-order valence-corrected chi connectivity index (χ1v) is 15.6. The van der Waals surface area contributed by atoms with E-state index in [9.17, 15) is 19.2 Å². The number of piperazine rings is 1. The van der Waals surface area contributed by atoms with Gasteiger partial charge in [0, 0.05) is 37.6 Å². The van der Waals surface area contributed by atoms with E-state index in [4.69, 9.17) is 21.1 Å². The average Bonchev–Trinajstić information content (AvgIpc) is 3.04. The van der Waals surface area contributed by atoms with E-state index in [1.165, 1.54) is 36.4 Å². The number of carbonyl (C=O) groups is 4. The van der Waals surface area contributed by atoms with Crippen molar-refractivity contribution in [2.75, 3.05) is 38.6 Å². The Morgan fingerprint density at radius 3 is 2.00 bits per heavy atom. The van der Waals surface area contributed by atoms with Gasteiger partial charge in [0.2, 0.25) is 11.8 Å². The third kappa shape index (κ3) is 9.55. The normalized spacial score (nSPS) is 14.3. The highest BCUT2D eigenvalue weighted by Crippen LogP contribution is 2.29. The molecule has 1 aliphatic heterocycles. The topological polar surface area (TPSA) is 117 Å². The van der Waals surface area contributed by atoms with Gasteiger partial charge in [0.1, 0.15) is 11.6 Å². The molecule has 0 aromatic heterocycles. The molecule has 4 rings (SSSR count). The van der Waals surface area contributed by atoms with Crippen LogP contribution in [0.2, 0.25) is 5.02 Å². The Morgan fingerprint density at radius 2 is 1.46 bits per heavy atom. The molecule has 0 spiro atoms. The van der Waals surface area contributed by atoms with Crippen LogP contribution < -0.4 is 10.6 Å². The fourth-order valence-corrected chi connectivity index (χ4v) is 5.56. The highest BCUT2D eigenvalue weighted by Gasteiger charge is 2.30. The van der Waals surface area contributed by atoms with Gasteiger partial charge in [0.05, 0.1) is 24.4 Å². The maximum atomic E-state index is 13.4. The molecular weight excluding hydrogens is 608 g/mol. The molecule has 10 nitrogen and oxygen atoms in total. The number of hydrogen-bond acceptors (Lipinski definition) is 7. The van der Waals surface area contributed by atoms with Crippen LogP contribution in [0.25, 0.3) is 0 Å². The summed E-state index contributed by atoms with van der Waals surface area (Å²) in [6.45, 7) is 7.53. The number of nitrogens with one attached hydrogen (secondary N) is 2. The summed E-state index contributed by atoms with van der Waals surface area (Å²) in [6.07, 6.45) is -0.771. The van der Waals surface area contributed by atoms with Gasteiger partial charge in [-0.3, -0.25) is 14.5 Å². The summed E-state index contributed by atoms with van der Waals surface area (Å²) in [7, 11) is 1.22. The van der Waals surface area contributed by atoms with E-state index in [2.05, 4.69) is 39.8 Å². The number of anilines is 1. The summed E-state index contributed by atoms with van der Waals surface area (Å²) < 4.78 is 10.2. The van der Waals surface area contributed by atoms with Crippen molar-refractivity contribution in [3.8, 4) is 0 Å². The van der Waals surface area contributed by atoms with Crippen LogP contribution >= 0.6 is 11.6 Å². The first-order valence-electron chi connectivity index (χ1n) is 15.2. The minimum atomic E-state index is -1.12. The van der Waals surface area contributed by atoms with Crippen molar-refractivity contribution in [3.05, 3.63) is 101 Å². The lowest BCUT2D eigenvalue weighted by Gasteiger charge is -2.40. The minimum Gasteiger partial charge on any atom is -0.465 e. The predicted octanol–water partition coefficient (Wildman–Crippen LogP) is 5.67. The van der Waals surface area contributed by atoms with Crippen molar-refractivity contribution < 1.29 is 28.7 Å². The molecule has 244 valence electrons. The van der Waals surface area contributed by atoms with Crippen molar-refractivity contribution in [1.82, 2.24) is 15.1 Å². The summed E-state index contributed by atoms with van der Waals surface area (Å²) in [6, 6.07) is 23.9. The number of benzene rings is 3. The maximum Gasteiger partial charge on any atom is 0.408 e. The molecule has 1 aliphatic rings. The fraction of sp³-hybridized carbons (Fsp3) is 0.371. The number of rotatable bonds is 10. The zero-order chi connectivity index (χ0) is 33.3. The molecule has 2 N–H and O–H groups in total. The number of esters is 1. The Morgan fingerprint density at radius 1 is 0.870 bits per heavy atom. The molecule has 1 atom stereocenters. The van der Waals surface area contributed by atoms with Crippen molar-refractivity contribution >= 4 is 41.2 Å². The number of ether oxygens (including phenoxy) is 2. The van der Waals surface area contributed by atoms with Crippen LogP contribution in [-0.4, -0.2) is 78.6 Å². The van der Waals surface area contributed by atoms with E-state index in [0.717, 1.165) is 0 Å². The third-order valence-electron chi connectivity index (χ3n) is 7.56. The Hall–Kier alpha value is -4.41. The molecule has 3 aromatic carbocycles. The second kappa shape index (κ2) is 15.7. The predicted molar refractivity (Wildman–Crippen MR) is 177 cm³/mol. The van der Waals surface area contributed by atoms with Crippen LogP contribution in [-0.2, 0) is 19.1 Å². The molecule has 1 unspecified atom stereocenters. The van der Waals surface area contributed by atoms with Crippen molar-refractivity contribution in [3.63, 3.8) is 0 Å². The highest BCUT2D eigenvalue weighted by atomic mass is 35.5. The third-order valence-corrected chi connectivity index (χ3v) is 7.80. The Balaban J connectivity index is 1.42. The SMILES string of the molecule is COC(=O)c1cc(Cl)ccc1NC(=O)C(CCC(=O)N1CCN(C(c2ccccc2)c2ccccc2)CC1)NC(=O)OC(C)(C)C. The molecule has 46 heavy (non-hydrogen) atoms. The smallest absolute Gasteiger partial charge is 0.408 e. The number of carbonyl (C=O) groups excluding carboxylic acids is 4. The van der Waals surface area contributed by atoms with Crippen LogP contribution in [0.4, 0.5) is 10.5 Å². The van der Waals surface area contributed by atoms with Crippen LogP contribution in [0.5, 0.6) is 0 Å². The Labute approximate surface area is 275 Å². The maximum absolute atomic E-state index is 13.4. The molecule has 1 heterocycles. The molecule has 0 bridgehead atoms. The van der Waals surface area contributed by atoms with Crippen LogP contribution in [0.3, 0.4) is 0 Å². The summed E-state index contributed by atoms with van der Waals surface area (Å²) >= 11 is 6.06.